The highest BCUT2D eigenvalue weighted by molar-refractivity contribution is 7.89. The van der Waals surface area contributed by atoms with Gasteiger partial charge >= 0.3 is 0 Å². The number of sulfonamides is 1. The summed E-state index contributed by atoms with van der Waals surface area (Å²) in [4.78, 5) is 11.5. The molecule has 0 unspecified atom stereocenters. The fraction of sp³-hybridized carbons (Fsp3) is 0.167. The largest absolute Gasteiger partial charge is 0.367 e. The zero-order valence-electron chi connectivity index (χ0n) is 14.7. The second-order valence-corrected chi connectivity index (χ2v) is 7.54. The van der Waals surface area contributed by atoms with Gasteiger partial charge in [0.05, 0.1) is 4.90 Å². The summed E-state index contributed by atoms with van der Waals surface area (Å²) < 4.78 is 29.0. The highest BCUT2D eigenvalue weighted by atomic mass is 32.2. The Morgan fingerprint density at radius 3 is 2.48 bits per heavy atom. The third-order valence-corrected chi connectivity index (χ3v) is 5.25. The van der Waals surface area contributed by atoms with Gasteiger partial charge in [-0.2, -0.15) is 0 Å². The number of rotatable bonds is 8. The van der Waals surface area contributed by atoms with Crippen LogP contribution in [0.2, 0.25) is 0 Å². The molecule has 0 saturated carbocycles. The normalized spacial score (nSPS) is 11.3. The minimum atomic E-state index is -3.69. The number of anilines is 1. The van der Waals surface area contributed by atoms with E-state index < -0.39 is 10.0 Å². The van der Waals surface area contributed by atoms with Crippen molar-refractivity contribution in [3.63, 3.8) is 0 Å². The standard InChI is InChI=1S/C18H19N5O3S/c1-14(24)15-5-4-6-16(13-15)27(25,26)20-10-9-19-17-7-8-18(22-21-17)23-11-2-3-12-23/h2-8,11-13,20H,9-10H2,1H3,(H,19,21). The third-order valence-electron chi connectivity index (χ3n) is 3.79. The van der Waals surface area contributed by atoms with Gasteiger partial charge in [0.15, 0.2) is 11.6 Å². The van der Waals surface area contributed by atoms with Gasteiger partial charge in [-0.25, -0.2) is 13.1 Å². The molecule has 8 nitrogen and oxygen atoms in total. The summed E-state index contributed by atoms with van der Waals surface area (Å²) in [5, 5.41) is 11.2. The lowest BCUT2D eigenvalue weighted by Gasteiger charge is -2.09. The fourth-order valence-electron chi connectivity index (χ4n) is 2.39. The molecule has 0 amide bonds. The summed E-state index contributed by atoms with van der Waals surface area (Å²) in [5.41, 5.74) is 0.356. The number of hydrogen-bond acceptors (Lipinski definition) is 6. The molecule has 2 N–H and O–H groups in total. The lowest BCUT2D eigenvalue weighted by Crippen LogP contribution is -2.29. The second kappa shape index (κ2) is 8.11. The van der Waals surface area contributed by atoms with Crippen molar-refractivity contribution < 1.29 is 13.2 Å². The van der Waals surface area contributed by atoms with E-state index >= 15 is 0 Å². The predicted octanol–water partition coefficient (Wildman–Crippen LogP) is 1.86. The van der Waals surface area contributed by atoms with Crippen LogP contribution in [-0.4, -0.2) is 42.1 Å². The highest BCUT2D eigenvalue weighted by Gasteiger charge is 2.14. The van der Waals surface area contributed by atoms with Gasteiger partial charge in [-0.15, -0.1) is 10.2 Å². The maximum atomic E-state index is 12.3. The molecule has 1 aromatic carbocycles. The number of Topliss-reactive ketones (excluding diaryl/α,β-unsaturated/α-hetero) is 1. The van der Waals surface area contributed by atoms with Crippen LogP contribution in [0.3, 0.4) is 0 Å². The first kappa shape index (κ1) is 18.7. The summed E-state index contributed by atoms with van der Waals surface area (Å²) in [7, 11) is -3.69. The second-order valence-electron chi connectivity index (χ2n) is 5.78. The van der Waals surface area contributed by atoms with Gasteiger partial charge in [0.2, 0.25) is 10.0 Å². The van der Waals surface area contributed by atoms with E-state index in [-0.39, 0.29) is 17.2 Å². The Morgan fingerprint density at radius 1 is 1.04 bits per heavy atom. The van der Waals surface area contributed by atoms with Crippen LogP contribution in [0.1, 0.15) is 17.3 Å². The summed E-state index contributed by atoms with van der Waals surface area (Å²) in [6.45, 7) is 1.89. The van der Waals surface area contributed by atoms with Gasteiger partial charge in [0.1, 0.15) is 5.82 Å². The topological polar surface area (TPSA) is 106 Å². The van der Waals surface area contributed by atoms with Crippen LogP contribution in [0.4, 0.5) is 5.82 Å². The molecular formula is C18H19N5O3S. The van der Waals surface area contributed by atoms with Gasteiger partial charge in [-0.3, -0.25) is 4.79 Å². The molecule has 2 heterocycles. The molecule has 9 heteroatoms. The molecule has 0 saturated heterocycles. The average Bonchev–Trinajstić information content (AvgIpc) is 3.20. The van der Waals surface area contributed by atoms with Crippen molar-refractivity contribution in [2.75, 3.05) is 18.4 Å². The van der Waals surface area contributed by atoms with E-state index in [9.17, 15) is 13.2 Å². The van der Waals surface area contributed by atoms with Crippen LogP contribution in [-0.2, 0) is 10.0 Å². The molecule has 140 valence electrons. The zero-order chi connectivity index (χ0) is 19.3. The number of hydrogen-bond donors (Lipinski definition) is 2. The Hall–Kier alpha value is -3.04. The van der Waals surface area contributed by atoms with E-state index in [1.807, 2.05) is 35.2 Å². The monoisotopic (exact) mass is 385 g/mol. The number of nitrogens with zero attached hydrogens (tertiary/aromatic N) is 3. The number of carbonyl (C=O) groups excluding carboxylic acids is 1. The smallest absolute Gasteiger partial charge is 0.240 e. The van der Waals surface area contributed by atoms with Crippen LogP contribution in [0.25, 0.3) is 5.82 Å². The molecule has 27 heavy (non-hydrogen) atoms. The summed E-state index contributed by atoms with van der Waals surface area (Å²) in [6, 6.07) is 13.3. The third kappa shape index (κ3) is 4.78. The van der Waals surface area contributed by atoms with Gasteiger partial charge in [-0.05, 0) is 43.3 Å². The van der Waals surface area contributed by atoms with E-state index in [0.29, 0.717) is 23.7 Å². The number of aromatic nitrogens is 3. The molecule has 0 atom stereocenters. The summed E-state index contributed by atoms with van der Waals surface area (Å²) in [5.74, 6) is 1.05. The van der Waals surface area contributed by atoms with Gasteiger partial charge in [-0.1, -0.05) is 12.1 Å². The molecule has 2 aromatic heterocycles. The van der Waals surface area contributed by atoms with E-state index in [1.165, 1.54) is 19.1 Å². The quantitative estimate of drug-likeness (QED) is 0.453. The molecule has 0 fully saturated rings. The lowest BCUT2D eigenvalue weighted by molar-refractivity contribution is 0.101. The Labute approximate surface area is 157 Å². The van der Waals surface area contributed by atoms with E-state index in [2.05, 4.69) is 20.2 Å². The first-order chi connectivity index (χ1) is 13.0. The Morgan fingerprint density at radius 2 is 1.81 bits per heavy atom. The van der Waals surface area contributed by atoms with Gasteiger partial charge in [0.25, 0.3) is 0 Å². The fourth-order valence-corrected chi connectivity index (χ4v) is 3.46. The maximum Gasteiger partial charge on any atom is 0.240 e. The van der Waals surface area contributed by atoms with Crippen molar-refractivity contribution >= 4 is 21.6 Å². The van der Waals surface area contributed by atoms with Crippen molar-refractivity contribution in [2.24, 2.45) is 0 Å². The van der Waals surface area contributed by atoms with Crippen molar-refractivity contribution in [3.05, 3.63) is 66.5 Å². The minimum Gasteiger partial charge on any atom is -0.367 e. The number of ketones is 1. The number of nitrogens with one attached hydrogen (secondary N) is 2. The van der Waals surface area contributed by atoms with Crippen molar-refractivity contribution in [1.29, 1.82) is 0 Å². The molecule has 0 radical (unpaired) electrons. The Kier molecular flexibility index (Phi) is 5.63. The van der Waals surface area contributed by atoms with Crippen molar-refractivity contribution in [1.82, 2.24) is 19.5 Å². The van der Waals surface area contributed by atoms with Gasteiger partial charge < -0.3 is 9.88 Å². The highest BCUT2D eigenvalue weighted by Crippen LogP contribution is 2.12. The first-order valence-electron chi connectivity index (χ1n) is 8.27. The predicted molar refractivity (Wildman–Crippen MR) is 101 cm³/mol. The minimum absolute atomic E-state index is 0.0612. The van der Waals surface area contributed by atoms with Crippen LogP contribution in [0.15, 0.2) is 65.8 Å². The molecule has 3 aromatic rings. The molecule has 3 rings (SSSR count). The number of carbonyl (C=O) groups is 1. The van der Waals surface area contributed by atoms with E-state index in [1.54, 1.807) is 18.2 Å². The zero-order valence-corrected chi connectivity index (χ0v) is 15.5. The van der Waals surface area contributed by atoms with Crippen LogP contribution >= 0.6 is 0 Å². The molecule has 0 bridgehead atoms. The average molecular weight is 385 g/mol. The summed E-state index contributed by atoms with van der Waals surface area (Å²) >= 11 is 0. The van der Waals surface area contributed by atoms with Crippen LogP contribution in [0, 0.1) is 0 Å². The SMILES string of the molecule is CC(=O)c1cccc(S(=O)(=O)NCCNc2ccc(-n3cccc3)nn2)c1. The van der Waals surface area contributed by atoms with Crippen molar-refractivity contribution in [3.8, 4) is 5.82 Å². The Bertz CT molecular complexity index is 1020. The number of benzene rings is 1. The molecule has 0 aliphatic rings. The van der Waals surface area contributed by atoms with Crippen LogP contribution < -0.4 is 10.0 Å². The maximum absolute atomic E-state index is 12.3. The van der Waals surface area contributed by atoms with Crippen LogP contribution in [0.5, 0.6) is 0 Å². The molecular weight excluding hydrogens is 366 g/mol. The van der Waals surface area contributed by atoms with Gasteiger partial charge in [0, 0.05) is 31.0 Å². The van der Waals surface area contributed by atoms with Crippen molar-refractivity contribution in [2.45, 2.75) is 11.8 Å². The van der Waals surface area contributed by atoms with E-state index in [0.717, 1.165) is 0 Å². The molecule has 0 aliphatic heterocycles. The molecule has 0 spiro atoms. The first-order valence-corrected chi connectivity index (χ1v) is 9.76. The molecule has 0 aliphatic carbocycles. The lowest BCUT2D eigenvalue weighted by atomic mass is 10.2. The van der Waals surface area contributed by atoms with E-state index in [4.69, 9.17) is 0 Å². The Balaban J connectivity index is 1.53. The summed E-state index contributed by atoms with van der Waals surface area (Å²) in [6.07, 6.45) is 3.74.